The zero-order chi connectivity index (χ0) is 9.84. The maximum Gasteiger partial charge on any atom is 0.146 e. The fraction of sp³-hybridized carbons (Fsp3) is 0.333. The molecule has 1 unspecified atom stereocenters. The summed E-state index contributed by atoms with van der Waals surface area (Å²) in [7, 11) is 0. The predicted molar refractivity (Wildman–Crippen MR) is 54.3 cm³/mol. The van der Waals surface area contributed by atoms with Gasteiger partial charge in [0.1, 0.15) is 5.82 Å². The van der Waals surface area contributed by atoms with Crippen molar-refractivity contribution >= 4 is 21.6 Å². The molecule has 0 amide bonds. The fourth-order valence-corrected chi connectivity index (χ4v) is 1.25. The van der Waals surface area contributed by atoms with Crippen LogP contribution in [-0.4, -0.2) is 17.8 Å². The predicted octanol–water partition coefficient (Wildman–Crippen LogP) is 2.38. The van der Waals surface area contributed by atoms with Crippen LogP contribution in [0.15, 0.2) is 22.7 Å². The highest BCUT2D eigenvalue weighted by Crippen LogP contribution is 2.19. The van der Waals surface area contributed by atoms with Gasteiger partial charge in [-0.3, -0.25) is 0 Å². The van der Waals surface area contributed by atoms with Crippen LogP contribution in [0.2, 0.25) is 0 Å². The highest BCUT2D eigenvalue weighted by atomic mass is 79.9. The summed E-state index contributed by atoms with van der Waals surface area (Å²) >= 11 is 3.23. The number of nitrogens with one attached hydrogen (secondary N) is 1. The van der Waals surface area contributed by atoms with Crippen molar-refractivity contribution in [3.63, 3.8) is 0 Å². The van der Waals surface area contributed by atoms with Gasteiger partial charge < -0.3 is 10.4 Å². The normalized spacial score (nSPS) is 12.6. The average molecular weight is 248 g/mol. The summed E-state index contributed by atoms with van der Waals surface area (Å²) in [6.07, 6.45) is -0.488. The van der Waals surface area contributed by atoms with Gasteiger partial charge >= 0.3 is 0 Å². The zero-order valence-corrected chi connectivity index (χ0v) is 8.81. The lowest BCUT2D eigenvalue weighted by molar-refractivity contribution is 0.208. The molecule has 1 aromatic rings. The van der Waals surface area contributed by atoms with E-state index in [9.17, 15) is 4.39 Å². The van der Waals surface area contributed by atoms with Crippen LogP contribution in [0.25, 0.3) is 0 Å². The van der Waals surface area contributed by atoms with Gasteiger partial charge in [-0.25, -0.2) is 4.39 Å². The minimum Gasteiger partial charge on any atom is -0.392 e. The Balaban J connectivity index is 2.70. The molecule has 0 saturated heterocycles. The molecule has 0 spiro atoms. The van der Waals surface area contributed by atoms with E-state index in [-0.39, 0.29) is 5.82 Å². The Bertz CT molecular complexity index is 291. The summed E-state index contributed by atoms with van der Waals surface area (Å²) in [4.78, 5) is 0. The summed E-state index contributed by atoms with van der Waals surface area (Å²) in [5.74, 6) is -0.316. The van der Waals surface area contributed by atoms with E-state index >= 15 is 0 Å². The van der Waals surface area contributed by atoms with E-state index in [1.165, 1.54) is 6.07 Å². The van der Waals surface area contributed by atoms with Crippen LogP contribution in [0.5, 0.6) is 0 Å². The minimum atomic E-state index is -0.488. The Labute approximate surface area is 84.9 Å². The van der Waals surface area contributed by atoms with Crippen LogP contribution >= 0.6 is 15.9 Å². The Hall–Kier alpha value is -0.610. The van der Waals surface area contributed by atoms with E-state index in [1.807, 2.05) is 0 Å². The maximum absolute atomic E-state index is 13.1. The number of halogens is 2. The summed E-state index contributed by atoms with van der Waals surface area (Å²) in [5, 5.41) is 11.8. The van der Waals surface area contributed by atoms with E-state index in [0.29, 0.717) is 12.2 Å². The van der Waals surface area contributed by atoms with E-state index in [4.69, 9.17) is 5.11 Å². The molecule has 1 aromatic carbocycles. The van der Waals surface area contributed by atoms with Crippen molar-refractivity contribution in [2.45, 2.75) is 13.0 Å². The lowest BCUT2D eigenvalue weighted by atomic mass is 10.3. The molecule has 0 saturated carbocycles. The molecule has 0 bridgehead atoms. The lowest BCUT2D eigenvalue weighted by Gasteiger charge is -2.09. The van der Waals surface area contributed by atoms with Crippen LogP contribution in [0.1, 0.15) is 6.92 Å². The number of hydrogen-bond donors (Lipinski definition) is 2. The van der Waals surface area contributed by atoms with Gasteiger partial charge in [0.2, 0.25) is 0 Å². The van der Waals surface area contributed by atoms with E-state index in [2.05, 4.69) is 21.2 Å². The van der Waals surface area contributed by atoms with E-state index in [0.717, 1.165) is 4.47 Å². The maximum atomic E-state index is 13.1. The van der Waals surface area contributed by atoms with Crippen LogP contribution in [0.4, 0.5) is 10.1 Å². The van der Waals surface area contributed by atoms with Crippen molar-refractivity contribution in [1.82, 2.24) is 0 Å². The van der Waals surface area contributed by atoms with Gasteiger partial charge in [0.15, 0.2) is 0 Å². The third-order valence-corrected chi connectivity index (χ3v) is 2.01. The molecule has 1 rings (SSSR count). The number of rotatable bonds is 3. The van der Waals surface area contributed by atoms with Crippen molar-refractivity contribution in [1.29, 1.82) is 0 Å². The van der Waals surface area contributed by atoms with Crippen LogP contribution in [0, 0.1) is 5.82 Å². The first kappa shape index (κ1) is 10.5. The van der Waals surface area contributed by atoms with Crippen LogP contribution in [0.3, 0.4) is 0 Å². The molecule has 13 heavy (non-hydrogen) atoms. The molecule has 0 aromatic heterocycles. The number of hydrogen-bond acceptors (Lipinski definition) is 2. The van der Waals surface area contributed by atoms with Crippen molar-refractivity contribution in [2.75, 3.05) is 11.9 Å². The third kappa shape index (κ3) is 3.32. The SMILES string of the molecule is CC(O)CNc1cc(Br)ccc1F. The second kappa shape index (κ2) is 4.58. The van der Waals surface area contributed by atoms with Gasteiger partial charge in [0, 0.05) is 11.0 Å². The average Bonchev–Trinajstić information content (AvgIpc) is 2.06. The standard InChI is InChI=1S/C9H11BrFNO/c1-6(13)5-12-9-4-7(10)2-3-8(9)11/h2-4,6,12-13H,5H2,1H3. The van der Waals surface area contributed by atoms with Crippen LogP contribution in [-0.2, 0) is 0 Å². The lowest BCUT2D eigenvalue weighted by Crippen LogP contribution is -2.15. The Morgan fingerprint density at radius 1 is 1.62 bits per heavy atom. The molecule has 0 heterocycles. The van der Waals surface area contributed by atoms with Gasteiger partial charge in [0.25, 0.3) is 0 Å². The van der Waals surface area contributed by atoms with Crippen molar-refractivity contribution < 1.29 is 9.50 Å². The van der Waals surface area contributed by atoms with Gasteiger partial charge in [0.05, 0.1) is 11.8 Å². The minimum absolute atomic E-state index is 0.316. The zero-order valence-electron chi connectivity index (χ0n) is 7.22. The number of anilines is 1. The van der Waals surface area contributed by atoms with Gasteiger partial charge in [-0.1, -0.05) is 15.9 Å². The summed E-state index contributed by atoms with van der Waals surface area (Å²) in [6.45, 7) is 1.98. The topological polar surface area (TPSA) is 32.3 Å². The van der Waals surface area contributed by atoms with Gasteiger partial charge in [-0.2, -0.15) is 0 Å². The molecule has 1 atom stereocenters. The molecule has 0 aliphatic carbocycles. The Morgan fingerprint density at radius 2 is 2.31 bits per heavy atom. The van der Waals surface area contributed by atoms with Gasteiger partial charge in [-0.05, 0) is 25.1 Å². The molecule has 0 aliphatic heterocycles. The molecule has 72 valence electrons. The molecule has 0 radical (unpaired) electrons. The Morgan fingerprint density at radius 3 is 2.92 bits per heavy atom. The summed E-state index contributed by atoms with van der Waals surface area (Å²) < 4.78 is 13.9. The van der Waals surface area contributed by atoms with Gasteiger partial charge in [-0.15, -0.1) is 0 Å². The number of aliphatic hydroxyl groups is 1. The summed E-state index contributed by atoms with van der Waals surface area (Å²) in [5.41, 5.74) is 0.398. The molecular weight excluding hydrogens is 237 g/mol. The quantitative estimate of drug-likeness (QED) is 0.860. The van der Waals surface area contributed by atoms with Crippen molar-refractivity contribution in [3.05, 3.63) is 28.5 Å². The molecule has 4 heteroatoms. The Kier molecular flexibility index (Phi) is 3.69. The largest absolute Gasteiger partial charge is 0.392 e. The smallest absolute Gasteiger partial charge is 0.146 e. The number of benzene rings is 1. The third-order valence-electron chi connectivity index (χ3n) is 1.52. The highest BCUT2D eigenvalue weighted by Gasteiger charge is 2.02. The highest BCUT2D eigenvalue weighted by molar-refractivity contribution is 9.10. The van der Waals surface area contributed by atoms with E-state index in [1.54, 1.807) is 19.1 Å². The van der Waals surface area contributed by atoms with Crippen LogP contribution < -0.4 is 5.32 Å². The monoisotopic (exact) mass is 247 g/mol. The molecule has 0 fully saturated rings. The second-order valence-corrected chi connectivity index (χ2v) is 3.77. The first-order valence-electron chi connectivity index (χ1n) is 3.96. The summed E-state index contributed by atoms with van der Waals surface area (Å²) in [6, 6.07) is 4.63. The first-order chi connectivity index (χ1) is 6.09. The first-order valence-corrected chi connectivity index (χ1v) is 4.76. The van der Waals surface area contributed by atoms with Crippen molar-refractivity contribution in [3.8, 4) is 0 Å². The molecular formula is C9H11BrFNO. The molecule has 2 nitrogen and oxygen atoms in total. The molecule has 0 aliphatic rings. The second-order valence-electron chi connectivity index (χ2n) is 2.85. The van der Waals surface area contributed by atoms with Crippen molar-refractivity contribution in [2.24, 2.45) is 0 Å². The molecule has 2 N–H and O–H groups in total. The number of aliphatic hydroxyl groups excluding tert-OH is 1. The van der Waals surface area contributed by atoms with E-state index < -0.39 is 6.10 Å². The fourth-order valence-electron chi connectivity index (χ4n) is 0.891.